The van der Waals surface area contributed by atoms with Crippen LogP contribution in [0, 0.1) is 17.8 Å². The molecule has 0 radical (unpaired) electrons. The van der Waals surface area contributed by atoms with E-state index >= 15 is 0 Å². The number of phenolic OH excluding ortho intramolecular Hbond substituents is 1. The fourth-order valence-corrected chi connectivity index (χ4v) is 9.55. The molecule has 0 saturated carbocycles. The average Bonchev–Trinajstić information content (AvgIpc) is 3.46. The predicted molar refractivity (Wildman–Crippen MR) is 199 cm³/mol. The number of benzene rings is 3. The van der Waals surface area contributed by atoms with Crippen LogP contribution in [0.4, 0.5) is 11.4 Å². The summed E-state index contributed by atoms with van der Waals surface area (Å²) >= 11 is 0. The zero-order valence-electron chi connectivity index (χ0n) is 30.0. The van der Waals surface area contributed by atoms with Crippen molar-refractivity contribution < 1.29 is 19.5 Å². The van der Waals surface area contributed by atoms with E-state index in [9.17, 15) is 19.5 Å². The normalized spacial score (nSPS) is 24.6. The number of carbonyl (C=O) groups is 3. The molecule has 3 atom stereocenters. The summed E-state index contributed by atoms with van der Waals surface area (Å²) in [4.78, 5) is 46.4. The predicted octanol–water partition coefficient (Wildman–Crippen LogP) is 5.54. The van der Waals surface area contributed by atoms with Crippen LogP contribution >= 0.6 is 0 Å². The number of imide groups is 1. The van der Waals surface area contributed by atoms with Crippen molar-refractivity contribution in [3.8, 4) is 5.75 Å². The van der Waals surface area contributed by atoms with Gasteiger partial charge in [-0.05, 0) is 115 Å². The quantitative estimate of drug-likeness (QED) is 0.315. The first-order valence-corrected chi connectivity index (χ1v) is 19.1. The molecule has 8 rings (SSSR count). The van der Waals surface area contributed by atoms with Crippen molar-refractivity contribution in [2.75, 3.05) is 55.6 Å². The monoisotopic (exact) mass is 689 g/mol. The van der Waals surface area contributed by atoms with Gasteiger partial charge in [0, 0.05) is 81.6 Å². The van der Waals surface area contributed by atoms with Crippen molar-refractivity contribution in [1.82, 2.24) is 15.1 Å². The highest BCUT2D eigenvalue weighted by molar-refractivity contribution is 6.05. The maximum Gasteiger partial charge on any atom is 0.255 e. The van der Waals surface area contributed by atoms with Gasteiger partial charge in [0.25, 0.3) is 5.91 Å². The Hall–Kier alpha value is -4.37. The summed E-state index contributed by atoms with van der Waals surface area (Å²) in [6.07, 6.45) is 5.26. The SMILES string of the molecule is CC(C)[C@H]1CCc2cc(O)ccc2[C@H]1c1ccc(N2CCC(CN3CCN(c4ccc5c(c4)CN([C@@H]4CCC(=O)NC4=O)C5=O)CC3)CC2)cc1. The number of piperidine rings is 2. The lowest BCUT2D eigenvalue weighted by atomic mass is 9.68. The second-order valence-electron chi connectivity index (χ2n) is 15.9. The zero-order valence-corrected chi connectivity index (χ0v) is 30.0. The Balaban J connectivity index is 0.825. The Kier molecular flexibility index (Phi) is 9.25. The van der Waals surface area contributed by atoms with E-state index < -0.39 is 6.04 Å². The lowest BCUT2D eigenvalue weighted by Crippen LogP contribution is -2.52. The van der Waals surface area contributed by atoms with Gasteiger partial charge in [-0.1, -0.05) is 32.0 Å². The van der Waals surface area contributed by atoms with Crippen LogP contribution in [0.25, 0.3) is 0 Å². The third-order valence-electron chi connectivity index (χ3n) is 12.5. The lowest BCUT2D eigenvalue weighted by Gasteiger charge is -2.40. The van der Waals surface area contributed by atoms with E-state index in [1.165, 1.54) is 35.2 Å². The smallest absolute Gasteiger partial charge is 0.255 e. The Morgan fingerprint density at radius 2 is 1.49 bits per heavy atom. The minimum absolute atomic E-state index is 0.119. The minimum atomic E-state index is -0.581. The Labute approximate surface area is 301 Å². The molecule has 3 aromatic rings. The highest BCUT2D eigenvalue weighted by Gasteiger charge is 2.39. The van der Waals surface area contributed by atoms with Gasteiger partial charge in [-0.2, -0.15) is 0 Å². The van der Waals surface area contributed by atoms with Gasteiger partial charge in [-0.3, -0.25) is 24.6 Å². The number of hydrogen-bond donors (Lipinski definition) is 2. The number of piperazine rings is 1. The summed E-state index contributed by atoms with van der Waals surface area (Å²) in [5, 5.41) is 12.5. The van der Waals surface area contributed by atoms with Crippen molar-refractivity contribution in [1.29, 1.82) is 0 Å². The van der Waals surface area contributed by atoms with Gasteiger partial charge < -0.3 is 19.8 Å². The van der Waals surface area contributed by atoms with Gasteiger partial charge >= 0.3 is 0 Å². The molecule has 5 aliphatic rings. The van der Waals surface area contributed by atoms with Gasteiger partial charge in [0.2, 0.25) is 11.8 Å². The van der Waals surface area contributed by atoms with Crippen LogP contribution in [0.1, 0.15) is 84.5 Å². The van der Waals surface area contributed by atoms with Crippen molar-refractivity contribution in [2.45, 2.75) is 70.9 Å². The van der Waals surface area contributed by atoms with Crippen molar-refractivity contribution in [3.63, 3.8) is 0 Å². The molecule has 4 heterocycles. The van der Waals surface area contributed by atoms with E-state index in [2.05, 4.69) is 70.3 Å². The molecule has 3 fully saturated rings. The molecule has 0 unspecified atom stereocenters. The van der Waals surface area contributed by atoms with E-state index in [1.54, 1.807) is 4.90 Å². The molecule has 3 saturated heterocycles. The van der Waals surface area contributed by atoms with Crippen LogP contribution in [-0.4, -0.2) is 84.5 Å². The molecule has 268 valence electrons. The van der Waals surface area contributed by atoms with E-state index in [1.807, 2.05) is 24.3 Å². The van der Waals surface area contributed by atoms with Gasteiger partial charge in [-0.15, -0.1) is 0 Å². The number of aromatic hydroxyl groups is 1. The van der Waals surface area contributed by atoms with Crippen LogP contribution in [0.15, 0.2) is 60.7 Å². The molecule has 4 aliphatic heterocycles. The zero-order chi connectivity index (χ0) is 35.2. The molecule has 0 bridgehead atoms. The topological polar surface area (TPSA) is 96.4 Å². The van der Waals surface area contributed by atoms with Gasteiger partial charge in [0.05, 0.1) is 0 Å². The molecule has 0 aromatic heterocycles. The van der Waals surface area contributed by atoms with Crippen molar-refractivity contribution in [2.24, 2.45) is 17.8 Å². The molecular weight excluding hydrogens is 638 g/mol. The van der Waals surface area contributed by atoms with Crippen LogP contribution in [0.5, 0.6) is 5.75 Å². The number of phenols is 1. The minimum Gasteiger partial charge on any atom is -0.508 e. The standard InChI is InChI=1S/C42H51N5O4/c1-27(2)35-10-5-30-24-34(48)9-12-36(30)40(35)29-3-6-32(7-4-29)45-17-15-28(16-18-45)25-44-19-21-46(22-20-44)33-8-11-37-31(23-33)26-47(42(37)51)38-13-14-39(49)43-41(38)50/h3-4,6-9,11-12,23-24,27-28,35,38,40,48H,5,10,13-22,25-26H2,1-2H3,(H,43,49,50)/t35-,38-,40+/m1/s1. The largest absolute Gasteiger partial charge is 0.508 e. The fraction of sp³-hybridized carbons (Fsp3) is 0.500. The summed E-state index contributed by atoms with van der Waals surface area (Å²) in [7, 11) is 0. The number of fused-ring (bicyclic) bond motifs is 2. The molecule has 9 nitrogen and oxygen atoms in total. The maximum absolute atomic E-state index is 13.1. The third-order valence-corrected chi connectivity index (χ3v) is 12.5. The number of anilines is 2. The van der Waals surface area contributed by atoms with E-state index in [0.29, 0.717) is 48.0 Å². The summed E-state index contributed by atoms with van der Waals surface area (Å²) < 4.78 is 0. The summed E-state index contributed by atoms with van der Waals surface area (Å²) in [6.45, 7) is 12.4. The second-order valence-corrected chi connectivity index (χ2v) is 15.9. The number of nitrogens with zero attached hydrogens (tertiary/aromatic N) is 4. The first kappa shape index (κ1) is 33.8. The van der Waals surface area contributed by atoms with Crippen molar-refractivity contribution in [3.05, 3.63) is 88.5 Å². The number of hydrogen-bond acceptors (Lipinski definition) is 7. The van der Waals surface area contributed by atoms with Crippen molar-refractivity contribution >= 4 is 29.1 Å². The first-order chi connectivity index (χ1) is 24.7. The van der Waals surface area contributed by atoms with Crippen LogP contribution < -0.4 is 15.1 Å². The molecular formula is C42H51N5O4. The fourth-order valence-electron chi connectivity index (χ4n) is 9.55. The molecule has 1 aliphatic carbocycles. The van der Waals surface area contributed by atoms with E-state index in [-0.39, 0.29) is 24.1 Å². The molecule has 3 amide bonds. The number of carbonyl (C=O) groups excluding carboxylic acids is 3. The van der Waals surface area contributed by atoms with E-state index in [0.717, 1.165) is 69.9 Å². The summed E-state index contributed by atoms with van der Waals surface area (Å²) in [6, 6.07) is 20.9. The molecule has 51 heavy (non-hydrogen) atoms. The third kappa shape index (κ3) is 6.73. The Bertz CT molecular complexity index is 1790. The van der Waals surface area contributed by atoms with E-state index in [4.69, 9.17) is 0 Å². The Morgan fingerprint density at radius 1 is 0.765 bits per heavy atom. The highest BCUT2D eigenvalue weighted by atomic mass is 16.3. The summed E-state index contributed by atoms with van der Waals surface area (Å²) in [5.74, 6) is 1.90. The maximum atomic E-state index is 13.1. The first-order valence-electron chi connectivity index (χ1n) is 19.1. The highest BCUT2D eigenvalue weighted by Crippen LogP contribution is 2.45. The number of aryl methyl sites for hydroxylation is 1. The van der Waals surface area contributed by atoms with Gasteiger partial charge in [0.15, 0.2) is 0 Å². The average molecular weight is 690 g/mol. The second kappa shape index (κ2) is 14.0. The molecule has 9 heteroatoms. The molecule has 0 spiro atoms. The van der Waals surface area contributed by atoms with Gasteiger partial charge in [0.1, 0.15) is 11.8 Å². The van der Waals surface area contributed by atoms with Gasteiger partial charge in [-0.25, -0.2) is 0 Å². The number of amides is 3. The number of rotatable bonds is 7. The summed E-state index contributed by atoms with van der Waals surface area (Å²) in [5.41, 5.74) is 8.16. The molecule has 3 aromatic carbocycles. The molecule has 2 N–H and O–H groups in total. The number of nitrogens with one attached hydrogen (secondary N) is 1. The van der Waals surface area contributed by atoms with Crippen LogP contribution in [-0.2, 0) is 22.6 Å². The Morgan fingerprint density at radius 3 is 2.22 bits per heavy atom. The lowest BCUT2D eigenvalue weighted by molar-refractivity contribution is -0.136. The van der Waals surface area contributed by atoms with Crippen LogP contribution in [0.2, 0.25) is 0 Å². The van der Waals surface area contributed by atoms with Crippen LogP contribution in [0.3, 0.4) is 0 Å².